The second-order valence-corrected chi connectivity index (χ2v) is 6.95. The molecule has 2 fully saturated rings. The molecule has 0 unspecified atom stereocenters. The molecular weight excluding hydrogens is 314 g/mol. The van der Waals surface area contributed by atoms with Crippen molar-refractivity contribution in [2.24, 2.45) is 5.92 Å². The number of amides is 2. The maximum Gasteiger partial charge on any atom is 0.323 e. The highest BCUT2D eigenvalue weighted by atomic mass is 16.5. The van der Waals surface area contributed by atoms with E-state index in [2.05, 4.69) is 41.5 Å². The van der Waals surface area contributed by atoms with Gasteiger partial charge in [-0.15, -0.1) is 0 Å². The van der Waals surface area contributed by atoms with E-state index < -0.39 is 0 Å². The van der Waals surface area contributed by atoms with Gasteiger partial charge in [-0.2, -0.15) is 0 Å². The van der Waals surface area contributed by atoms with Gasteiger partial charge in [-0.3, -0.25) is 5.32 Å². The molecule has 0 aliphatic carbocycles. The molecule has 130 valence electrons. The van der Waals surface area contributed by atoms with Gasteiger partial charge in [0, 0.05) is 30.6 Å². The van der Waals surface area contributed by atoms with Gasteiger partial charge >= 0.3 is 6.03 Å². The van der Waals surface area contributed by atoms with Crippen molar-refractivity contribution in [1.29, 1.82) is 0 Å². The zero-order chi connectivity index (χ0) is 17.3. The summed E-state index contributed by atoms with van der Waals surface area (Å²) < 4.78 is 5.77. The van der Waals surface area contributed by atoms with Crippen LogP contribution in [0.2, 0.25) is 0 Å². The largest absolute Gasteiger partial charge is 0.380 e. The number of aryl methyl sites for hydroxylation is 1. The van der Waals surface area contributed by atoms with Crippen molar-refractivity contribution in [2.75, 3.05) is 31.6 Å². The van der Waals surface area contributed by atoms with Crippen LogP contribution in [0, 0.1) is 5.92 Å². The molecule has 0 radical (unpaired) electrons. The predicted octanol–water partition coefficient (Wildman–Crippen LogP) is 3.08. The quantitative estimate of drug-likeness (QED) is 0.936. The first-order chi connectivity index (χ1) is 12.2. The highest BCUT2D eigenvalue weighted by molar-refractivity contribution is 5.88. The number of benzene rings is 1. The van der Waals surface area contributed by atoms with E-state index in [-0.39, 0.29) is 11.4 Å². The lowest BCUT2D eigenvalue weighted by Crippen LogP contribution is -2.38. The number of nitrogens with zero attached hydrogens (tertiary/aromatic N) is 2. The number of urea groups is 1. The van der Waals surface area contributed by atoms with Gasteiger partial charge in [0.05, 0.1) is 13.2 Å². The molecule has 2 aromatic rings. The van der Waals surface area contributed by atoms with Crippen LogP contribution in [0.25, 0.3) is 0 Å². The fourth-order valence-electron chi connectivity index (χ4n) is 3.97. The van der Waals surface area contributed by atoms with Crippen molar-refractivity contribution < 1.29 is 9.53 Å². The molecule has 2 atom stereocenters. The van der Waals surface area contributed by atoms with Crippen molar-refractivity contribution in [2.45, 2.75) is 18.8 Å². The smallest absolute Gasteiger partial charge is 0.323 e. The Kier molecular flexibility index (Phi) is 4.17. The fraction of sp³-hybridized carbons (Fsp3) is 0.400. The van der Waals surface area contributed by atoms with Crippen LogP contribution in [0.1, 0.15) is 18.1 Å². The standard InChI is InChI=1S/C20H23N3O2/c1-2-15-8-9-18(21-10-15)22-19(24)23-11-17-12-25-14-20(17,13-23)16-6-4-3-5-7-16/h3-10,17H,2,11-14H2,1H3,(H,21,22,24)/t17-,20+/m1/s1. The van der Waals surface area contributed by atoms with E-state index in [1.807, 2.05) is 29.3 Å². The summed E-state index contributed by atoms with van der Waals surface area (Å²) in [5.74, 6) is 0.945. The Hall–Kier alpha value is -2.40. The maximum atomic E-state index is 12.7. The summed E-state index contributed by atoms with van der Waals surface area (Å²) in [4.78, 5) is 18.9. The number of likely N-dealkylation sites (tertiary alicyclic amines) is 1. The molecule has 2 aliphatic heterocycles. The molecule has 1 aromatic carbocycles. The highest BCUT2D eigenvalue weighted by Gasteiger charge is 2.52. The third-order valence-corrected chi connectivity index (χ3v) is 5.48. The van der Waals surface area contributed by atoms with Crippen LogP contribution in [0.15, 0.2) is 48.7 Å². The number of hydrogen-bond donors (Lipinski definition) is 1. The average Bonchev–Trinajstić information content (AvgIpc) is 3.21. The van der Waals surface area contributed by atoms with E-state index >= 15 is 0 Å². The van der Waals surface area contributed by atoms with Crippen molar-refractivity contribution in [3.63, 3.8) is 0 Å². The van der Waals surface area contributed by atoms with Crippen LogP contribution < -0.4 is 5.32 Å². The molecule has 3 heterocycles. The van der Waals surface area contributed by atoms with E-state index in [4.69, 9.17) is 4.74 Å². The monoisotopic (exact) mass is 337 g/mol. The summed E-state index contributed by atoms with van der Waals surface area (Å²) in [7, 11) is 0. The average molecular weight is 337 g/mol. The Morgan fingerprint density at radius 2 is 2.16 bits per heavy atom. The topological polar surface area (TPSA) is 54.5 Å². The van der Waals surface area contributed by atoms with E-state index in [1.54, 1.807) is 0 Å². The number of hydrogen-bond acceptors (Lipinski definition) is 3. The van der Waals surface area contributed by atoms with Gasteiger partial charge in [-0.25, -0.2) is 9.78 Å². The Bertz CT molecular complexity index is 747. The van der Waals surface area contributed by atoms with Gasteiger partial charge in [0.1, 0.15) is 5.82 Å². The lowest BCUT2D eigenvalue weighted by molar-refractivity contribution is 0.152. The summed E-state index contributed by atoms with van der Waals surface area (Å²) in [5, 5.41) is 2.93. The van der Waals surface area contributed by atoms with E-state index in [0.29, 0.717) is 38.0 Å². The summed E-state index contributed by atoms with van der Waals surface area (Å²) in [6.45, 7) is 4.87. The van der Waals surface area contributed by atoms with Crippen molar-refractivity contribution in [3.05, 3.63) is 59.8 Å². The molecule has 1 aromatic heterocycles. The molecule has 2 saturated heterocycles. The molecule has 0 bridgehead atoms. The molecule has 2 amide bonds. The number of carbonyl (C=O) groups excluding carboxylic acids is 1. The van der Waals surface area contributed by atoms with Crippen LogP contribution >= 0.6 is 0 Å². The molecule has 5 heteroatoms. The number of pyridine rings is 1. The molecule has 0 saturated carbocycles. The van der Waals surface area contributed by atoms with Crippen LogP contribution in [0.3, 0.4) is 0 Å². The van der Waals surface area contributed by atoms with E-state index in [9.17, 15) is 4.79 Å². The molecule has 5 nitrogen and oxygen atoms in total. The second kappa shape index (κ2) is 6.48. The molecule has 0 spiro atoms. The SMILES string of the molecule is CCc1ccc(NC(=O)N2C[C@@H]3COC[C@]3(c3ccccc3)C2)nc1. The van der Waals surface area contributed by atoms with Gasteiger partial charge < -0.3 is 9.64 Å². The molecule has 4 rings (SSSR count). The Balaban J connectivity index is 1.50. The van der Waals surface area contributed by atoms with Gasteiger partial charge in [-0.1, -0.05) is 43.3 Å². The summed E-state index contributed by atoms with van der Waals surface area (Å²) >= 11 is 0. The minimum absolute atomic E-state index is 0.0820. The molecular formula is C20H23N3O2. The van der Waals surface area contributed by atoms with Crippen molar-refractivity contribution in [3.8, 4) is 0 Å². The Morgan fingerprint density at radius 1 is 1.32 bits per heavy atom. The van der Waals surface area contributed by atoms with Crippen LogP contribution in [-0.4, -0.2) is 42.2 Å². The second-order valence-electron chi connectivity index (χ2n) is 6.95. The number of fused-ring (bicyclic) bond motifs is 1. The van der Waals surface area contributed by atoms with Crippen LogP contribution in [0.4, 0.5) is 10.6 Å². The van der Waals surface area contributed by atoms with Gasteiger partial charge in [0.2, 0.25) is 0 Å². The van der Waals surface area contributed by atoms with Gasteiger partial charge in [0.15, 0.2) is 0 Å². The first-order valence-corrected chi connectivity index (χ1v) is 8.85. The van der Waals surface area contributed by atoms with Crippen molar-refractivity contribution in [1.82, 2.24) is 9.88 Å². The lowest BCUT2D eigenvalue weighted by atomic mass is 9.75. The number of anilines is 1. The Morgan fingerprint density at radius 3 is 2.88 bits per heavy atom. The van der Waals surface area contributed by atoms with E-state index in [1.165, 1.54) is 5.56 Å². The number of rotatable bonds is 3. The molecule has 25 heavy (non-hydrogen) atoms. The number of nitrogens with one attached hydrogen (secondary N) is 1. The van der Waals surface area contributed by atoms with E-state index in [0.717, 1.165) is 12.0 Å². The highest BCUT2D eigenvalue weighted by Crippen LogP contribution is 2.43. The number of ether oxygens (including phenoxy) is 1. The zero-order valence-corrected chi connectivity index (χ0v) is 14.4. The van der Waals surface area contributed by atoms with Gasteiger partial charge in [0.25, 0.3) is 0 Å². The Labute approximate surface area is 148 Å². The normalized spacial score (nSPS) is 25.0. The van der Waals surface area contributed by atoms with Crippen molar-refractivity contribution >= 4 is 11.8 Å². The fourth-order valence-corrected chi connectivity index (χ4v) is 3.97. The minimum Gasteiger partial charge on any atom is -0.380 e. The third kappa shape index (κ3) is 2.89. The number of carbonyl (C=O) groups is 1. The summed E-state index contributed by atoms with van der Waals surface area (Å²) in [5.41, 5.74) is 2.34. The summed E-state index contributed by atoms with van der Waals surface area (Å²) in [6.07, 6.45) is 2.75. The van der Waals surface area contributed by atoms with Crippen LogP contribution in [-0.2, 0) is 16.6 Å². The zero-order valence-electron chi connectivity index (χ0n) is 14.4. The first-order valence-electron chi connectivity index (χ1n) is 8.85. The molecule has 2 aliphatic rings. The van der Waals surface area contributed by atoms with Gasteiger partial charge in [-0.05, 0) is 23.6 Å². The third-order valence-electron chi connectivity index (χ3n) is 5.48. The molecule has 1 N–H and O–H groups in total. The number of aromatic nitrogens is 1. The first kappa shape index (κ1) is 16.1. The predicted molar refractivity (Wildman–Crippen MR) is 96.6 cm³/mol. The maximum absolute atomic E-state index is 12.7. The summed E-state index contributed by atoms with van der Waals surface area (Å²) in [6, 6.07) is 14.2. The van der Waals surface area contributed by atoms with Crippen LogP contribution in [0.5, 0.6) is 0 Å². The minimum atomic E-state index is -0.0852. The lowest BCUT2D eigenvalue weighted by Gasteiger charge is -2.27.